The highest BCUT2D eigenvalue weighted by molar-refractivity contribution is 5.69. The molecule has 0 spiro atoms. The van der Waals surface area contributed by atoms with Crippen molar-refractivity contribution >= 4 is 5.97 Å². The van der Waals surface area contributed by atoms with E-state index in [2.05, 4.69) is 20.8 Å². The molecule has 0 heterocycles. The van der Waals surface area contributed by atoms with Crippen molar-refractivity contribution in [3.8, 4) is 0 Å². The third-order valence-electron chi connectivity index (χ3n) is 5.09. The van der Waals surface area contributed by atoms with Crippen LogP contribution in [0, 0.1) is 11.8 Å². The van der Waals surface area contributed by atoms with E-state index in [1.165, 1.54) is 77.0 Å². The number of carboxylic acid groups (broad SMARTS) is 1. The minimum Gasteiger partial charge on any atom is -0.481 e. The molecule has 0 saturated carbocycles. The molecule has 0 aromatic heterocycles. The van der Waals surface area contributed by atoms with Crippen LogP contribution in [0.1, 0.15) is 124 Å². The number of unbranched alkanes of at least 4 members (excludes halogenated alkanes) is 11. The van der Waals surface area contributed by atoms with Gasteiger partial charge in [0.2, 0.25) is 0 Å². The van der Waals surface area contributed by atoms with Gasteiger partial charge in [-0.3, -0.25) is 4.79 Å². The van der Waals surface area contributed by atoms with Gasteiger partial charge in [-0.15, -0.1) is 0 Å². The molecule has 0 radical (unpaired) electrons. The monoisotopic (exact) mass is 340 g/mol. The van der Waals surface area contributed by atoms with E-state index in [4.69, 9.17) is 0 Å². The molecule has 144 valence electrons. The number of hydrogen-bond donors (Lipinski definition) is 1. The first kappa shape index (κ1) is 23.5. The molecule has 0 amide bonds. The van der Waals surface area contributed by atoms with Crippen molar-refractivity contribution in [2.75, 3.05) is 0 Å². The molecule has 0 aliphatic heterocycles. The van der Waals surface area contributed by atoms with Crippen LogP contribution in [-0.2, 0) is 4.79 Å². The van der Waals surface area contributed by atoms with Crippen LogP contribution in [0.25, 0.3) is 0 Å². The molecule has 2 nitrogen and oxygen atoms in total. The number of rotatable bonds is 18. The van der Waals surface area contributed by atoms with E-state index in [1.54, 1.807) is 0 Å². The Morgan fingerprint density at radius 1 is 0.667 bits per heavy atom. The van der Waals surface area contributed by atoms with Crippen molar-refractivity contribution in [3.63, 3.8) is 0 Å². The summed E-state index contributed by atoms with van der Waals surface area (Å²) in [4.78, 5) is 11.4. The maximum absolute atomic E-state index is 11.4. The van der Waals surface area contributed by atoms with E-state index in [9.17, 15) is 9.90 Å². The molecule has 1 atom stereocenters. The van der Waals surface area contributed by atoms with Gasteiger partial charge in [0.05, 0.1) is 5.92 Å². The normalized spacial score (nSPS) is 12.7. The third kappa shape index (κ3) is 16.3. The van der Waals surface area contributed by atoms with Crippen LogP contribution in [0.15, 0.2) is 0 Å². The van der Waals surface area contributed by atoms with E-state index >= 15 is 0 Å². The lowest BCUT2D eigenvalue weighted by atomic mass is 9.94. The Kier molecular flexibility index (Phi) is 16.9. The number of carbonyl (C=O) groups is 1. The van der Waals surface area contributed by atoms with Gasteiger partial charge in [0.25, 0.3) is 0 Å². The SMILES string of the molecule is CCCCCCCCCC(CCCCCCCCC(C)C)C(=O)O. The summed E-state index contributed by atoms with van der Waals surface area (Å²) >= 11 is 0. The standard InChI is InChI=1S/C22H44O2/c1-4-5-6-7-8-12-15-18-21(22(23)24)19-16-13-10-9-11-14-17-20(2)3/h20-21H,4-19H2,1-3H3,(H,23,24). The second-order valence-electron chi connectivity index (χ2n) is 8.04. The van der Waals surface area contributed by atoms with Gasteiger partial charge in [0.15, 0.2) is 0 Å². The Hall–Kier alpha value is -0.530. The first-order chi connectivity index (χ1) is 11.6. The zero-order valence-electron chi connectivity index (χ0n) is 16.8. The molecule has 24 heavy (non-hydrogen) atoms. The van der Waals surface area contributed by atoms with E-state index in [0.717, 1.165) is 31.6 Å². The Morgan fingerprint density at radius 3 is 1.42 bits per heavy atom. The molecule has 1 unspecified atom stereocenters. The average Bonchev–Trinajstić information content (AvgIpc) is 2.53. The molecule has 2 heteroatoms. The lowest BCUT2D eigenvalue weighted by Crippen LogP contribution is -2.13. The Morgan fingerprint density at radius 2 is 1.04 bits per heavy atom. The molecular formula is C22H44O2. The van der Waals surface area contributed by atoms with Crippen molar-refractivity contribution < 1.29 is 9.90 Å². The largest absolute Gasteiger partial charge is 0.481 e. The minimum absolute atomic E-state index is 0.0958. The zero-order valence-corrected chi connectivity index (χ0v) is 16.8. The van der Waals surface area contributed by atoms with Crippen LogP contribution in [-0.4, -0.2) is 11.1 Å². The van der Waals surface area contributed by atoms with Crippen LogP contribution in [0.5, 0.6) is 0 Å². The average molecular weight is 341 g/mol. The Bertz CT molecular complexity index is 273. The summed E-state index contributed by atoms with van der Waals surface area (Å²) < 4.78 is 0. The molecular weight excluding hydrogens is 296 g/mol. The quantitative estimate of drug-likeness (QED) is 0.261. The van der Waals surface area contributed by atoms with Crippen molar-refractivity contribution in [1.82, 2.24) is 0 Å². The highest BCUT2D eigenvalue weighted by atomic mass is 16.4. The van der Waals surface area contributed by atoms with Crippen LogP contribution in [0.2, 0.25) is 0 Å². The number of hydrogen-bond acceptors (Lipinski definition) is 1. The fraction of sp³-hybridized carbons (Fsp3) is 0.955. The minimum atomic E-state index is -0.571. The summed E-state index contributed by atoms with van der Waals surface area (Å²) in [5.74, 6) is 0.160. The fourth-order valence-corrected chi connectivity index (χ4v) is 3.39. The molecule has 0 aliphatic carbocycles. The van der Waals surface area contributed by atoms with Gasteiger partial charge in [-0.25, -0.2) is 0 Å². The third-order valence-corrected chi connectivity index (χ3v) is 5.09. The van der Waals surface area contributed by atoms with Crippen molar-refractivity contribution in [2.45, 2.75) is 124 Å². The van der Waals surface area contributed by atoms with Gasteiger partial charge >= 0.3 is 5.97 Å². The number of carboxylic acids is 1. The zero-order chi connectivity index (χ0) is 18.0. The molecule has 0 fully saturated rings. The molecule has 0 aliphatic rings. The molecule has 0 aromatic carbocycles. The molecule has 1 N–H and O–H groups in total. The summed E-state index contributed by atoms with van der Waals surface area (Å²) in [6.07, 6.45) is 19.6. The second-order valence-corrected chi connectivity index (χ2v) is 8.04. The predicted molar refractivity (Wildman–Crippen MR) is 106 cm³/mol. The van der Waals surface area contributed by atoms with Gasteiger partial charge in [-0.2, -0.15) is 0 Å². The topological polar surface area (TPSA) is 37.3 Å². The van der Waals surface area contributed by atoms with E-state index in [-0.39, 0.29) is 5.92 Å². The molecule has 0 bridgehead atoms. The van der Waals surface area contributed by atoms with Crippen molar-refractivity contribution in [2.24, 2.45) is 11.8 Å². The van der Waals surface area contributed by atoms with Gasteiger partial charge in [-0.1, -0.05) is 111 Å². The van der Waals surface area contributed by atoms with E-state index in [1.807, 2.05) is 0 Å². The summed E-state index contributed by atoms with van der Waals surface area (Å²) in [5.41, 5.74) is 0. The maximum Gasteiger partial charge on any atom is 0.306 e. The van der Waals surface area contributed by atoms with Gasteiger partial charge in [0.1, 0.15) is 0 Å². The van der Waals surface area contributed by atoms with Gasteiger partial charge in [-0.05, 0) is 18.8 Å². The highest BCUT2D eigenvalue weighted by Crippen LogP contribution is 2.20. The summed E-state index contributed by atoms with van der Waals surface area (Å²) in [7, 11) is 0. The highest BCUT2D eigenvalue weighted by Gasteiger charge is 2.16. The maximum atomic E-state index is 11.4. The predicted octanol–water partition coefficient (Wildman–Crippen LogP) is 7.60. The fourth-order valence-electron chi connectivity index (χ4n) is 3.39. The van der Waals surface area contributed by atoms with Crippen molar-refractivity contribution in [1.29, 1.82) is 0 Å². The summed E-state index contributed by atoms with van der Waals surface area (Å²) in [5, 5.41) is 9.37. The lowest BCUT2D eigenvalue weighted by Gasteiger charge is -2.12. The first-order valence-electron chi connectivity index (χ1n) is 10.8. The first-order valence-corrected chi connectivity index (χ1v) is 10.8. The molecule has 0 saturated heterocycles. The van der Waals surface area contributed by atoms with E-state index < -0.39 is 5.97 Å². The van der Waals surface area contributed by atoms with Gasteiger partial charge in [0, 0.05) is 0 Å². The second kappa shape index (κ2) is 17.3. The summed E-state index contributed by atoms with van der Waals surface area (Å²) in [6, 6.07) is 0. The van der Waals surface area contributed by atoms with Gasteiger partial charge < -0.3 is 5.11 Å². The van der Waals surface area contributed by atoms with Crippen LogP contribution >= 0.6 is 0 Å². The number of aliphatic carboxylic acids is 1. The molecule has 0 aromatic rings. The lowest BCUT2D eigenvalue weighted by molar-refractivity contribution is -0.142. The summed E-state index contributed by atoms with van der Waals surface area (Å²) in [6.45, 7) is 6.82. The Labute approximate surface area is 151 Å². The Balaban J connectivity index is 3.51. The smallest absolute Gasteiger partial charge is 0.306 e. The van der Waals surface area contributed by atoms with E-state index in [0.29, 0.717) is 0 Å². The van der Waals surface area contributed by atoms with Crippen LogP contribution in [0.3, 0.4) is 0 Å². The van der Waals surface area contributed by atoms with Crippen LogP contribution in [0.4, 0.5) is 0 Å². The van der Waals surface area contributed by atoms with Crippen molar-refractivity contribution in [3.05, 3.63) is 0 Å². The molecule has 0 rings (SSSR count). The van der Waals surface area contributed by atoms with Crippen LogP contribution < -0.4 is 0 Å².